The Kier molecular flexibility index (Phi) is 3.21. The van der Waals surface area contributed by atoms with E-state index in [4.69, 9.17) is 0 Å². The highest BCUT2D eigenvalue weighted by Gasteiger charge is 2.15. The summed E-state index contributed by atoms with van der Waals surface area (Å²) in [4.78, 5) is 5.31. The summed E-state index contributed by atoms with van der Waals surface area (Å²) < 4.78 is 1.01. The van der Waals surface area contributed by atoms with E-state index in [1.54, 1.807) is 0 Å². The zero-order chi connectivity index (χ0) is 14.1. The Morgan fingerprint density at radius 1 is 1.15 bits per heavy atom. The molecule has 0 bridgehead atoms. The molecule has 98 valence electrons. The molecule has 4 heteroatoms. The van der Waals surface area contributed by atoms with Gasteiger partial charge in [0.1, 0.15) is 17.5 Å². The summed E-state index contributed by atoms with van der Waals surface area (Å²) in [6.07, 6.45) is 0. The third-order valence-electron chi connectivity index (χ3n) is 3.33. The van der Waals surface area contributed by atoms with Gasteiger partial charge < -0.3 is 9.88 Å². The molecule has 0 atom stereocenters. The van der Waals surface area contributed by atoms with Crippen LogP contribution in [0, 0.1) is 11.3 Å². The van der Waals surface area contributed by atoms with Crippen molar-refractivity contribution in [2.24, 2.45) is 0 Å². The fraction of sp³-hybridized carbons (Fsp3) is 0.0625. The lowest BCUT2D eigenvalue weighted by Gasteiger charge is -2.18. The van der Waals surface area contributed by atoms with Crippen molar-refractivity contribution in [3.05, 3.63) is 58.6 Å². The number of rotatable bonds is 2. The second kappa shape index (κ2) is 5.03. The van der Waals surface area contributed by atoms with Crippen molar-refractivity contribution >= 4 is 38.3 Å². The molecule has 20 heavy (non-hydrogen) atoms. The molecule has 0 fully saturated rings. The van der Waals surface area contributed by atoms with E-state index in [1.807, 2.05) is 60.5 Å². The van der Waals surface area contributed by atoms with Gasteiger partial charge in [0.25, 0.3) is 0 Å². The molecule has 3 rings (SSSR count). The molecular weight excluding hydrogens is 314 g/mol. The number of para-hydroxylation sites is 1. The Bertz CT molecular complexity index is 814. The molecule has 1 heterocycles. The molecule has 2 aromatic carbocycles. The smallest absolute Gasteiger partial charge is 0.129 e. The second-order valence-electron chi connectivity index (χ2n) is 4.54. The van der Waals surface area contributed by atoms with Gasteiger partial charge in [0, 0.05) is 28.1 Å². The minimum atomic E-state index is 0.670. The van der Waals surface area contributed by atoms with Crippen LogP contribution in [0.25, 0.3) is 10.9 Å². The summed E-state index contributed by atoms with van der Waals surface area (Å²) in [6.45, 7) is 0. The number of H-pyrrole nitrogens is 1. The lowest BCUT2D eigenvalue weighted by molar-refractivity contribution is 1.15. The van der Waals surface area contributed by atoms with Gasteiger partial charge in [-0.3, -0.25) is 0 Å². The van der Waals surface area contributed by atoms with Crippen molar-refractivity contribution < 1.29 is 0 Å². The normalized spacial score (nSPS) is 10.4. The maximum Gasteiger partial charge on any atom is 0.129 e. The first-order chi connectivity index (χ1) is 9.70. The fourth-order valence-electron chi connectivity index (χ4n) is 2.31. The first kappa shape index (κ1) is 12.8. The van der Waals surface area contributed by atoms with Gasteiger partial charge in [-0.15, -0.1) is 0 Å². The Labute approximate surface area is 125 Å². The number of anilines is 2. The van der Waals surface area contributed by atoms with Gasteiger partial charge in [-0.25, -0.2) is 0 Å². The van der Waals surface area contributed by atoms with Crippen molar-refractivity contribution in [3.8, 4) is 6.07 Å². The van der Waals surface area contributed by atoms with Crippen LogP contribution in [0.2, 0.25) is 0 Å². The Hall–Kier alpha value is -2.25. The molecular formula is C16H12BrN3. The number of nitrogens with one attached hydrogen (secondary N) is 1. The Balaban J connectivity index is 2.17. The third-order valence-corrected chi connectivity index (χ3v) is 3.82. The number of nitrogens with zero attached hydrogens (tertiary/aromatic N) is 2. The summed E-state index contributed by atoms with van der Waals surface area (Å²) in [7, 11) is 1.95. The van der Waals surface area contributed by atoms with Crippen molar-refractivity contribution in [2.45, 2.75) is 0 Å². The van der Waals surface area contributed by atoms with Crippen LogP contribution in [0.1, 0.15) is 5.56 Å². The van der Waals surface area contributed by atoms with Crippen LogP contribution in [-0.4, -0.2) is 12.0 Å². The van der Waals surface area contributed by atoms with E-state index in [-0.39, 0.29) is 0 Å². The molecule has 0 spiro atoms. The molecule has 3 nitrogen and oxygen atoms in total. The monoisotopic (exact) mass is 325 g/mol. The summed E-state index contributed by atoms with van der Waals surface area (Å²) in [5, 5.41) is 10.4. The highest BCUT2D eigenvalue weighted by molar-refractivity contribution is 9.10. The summed E-state index contributed by atoms with van der Waals surface area (Å²) in [5.41, 5.74) is 2.66. The van der Waals surface area contributed by atoms with E-state index >= 15 is 0 Å². The van der Waals surface area contributed by atoms with E-state index < -0.39 is 0 Å². The molecule has 0 aliphatic carbocycles. The number of hydrogen-bond donors (Lipinski definition) is 1. The summed E-state index contributed by atoms with van der Waals surface area (Å²) >= 11 is 3.47. The van der Waals surface area contributed by atoms with Gasteiger partial charge in [-0.05, 0) is 24.3 Å². The highest BCUT2D eigenvalue weighted by atomic mass is 79.9. The molecule has 1 N–H and O–H groups in total. The summed E-state index contributed by atoms with van der Waals surface area (Å²) in [5.74, 6) is 0.812. The minimum absolute atomic E-state index is 0.670. The molecule has 0 aliphatic rings. The lowest BCUT2D eigenvalue weighted by Crippen LogP contribution is -2.11. The molecule has 1 aromatic heterocycles. The second-order valence-corrected chi connectivity index (χ2v) is 5.46. The van der Waals surface area contributed by atoms with Crippen molar-refractivity contribution in [1.29, 1.82) is 5.26 Å². The topological polar surface area (TPSA) is 42.8 Å². The first-order valence-electron chi connectivity index (χ1n) is 6.21. The Morgan fingerprint density at radius 3 is 2.70 bits per heavy atom. The van der Waals surface area contributed by atoms with Crippen LogP contribution in [0.3, 0.4) is 0 Å². The van der Waals surface area contributed by atoms with E-state index in [1.165, 1.54) is 0 Å². The number of nitriles is 1. The summed E-state index contributed by atoms with van der Waals surface area (Å²) in [6, 6.07) is 18.1. The van der Waals surface area contributed by atoms with Gasteiger partial charge in [0.05, 0.1) is 0 Å². The number of fused-ring (bicyclic) bond motifs is 1. The van der Waals surface area contributed by atoms with Crippen LogP contribution >= 0.6 is 15.9 Å². The SMILES string of the molecule is CN(c1cccc(Br)c1)c1[nH]c2ccccc2c1C#N. The van der Waals surface area contributed by atoms with Crippen LogP contribution in [-0.2, 0) is 0 Å². The number of aromatic amines is 1. The molecule has 0 radical (unpaired) electrons. The third kappa shape index (κ3) is 2.06. The maximum absolute atomic E-state index is 9.45. The number of benzene rings is 2. The highest BCUT2D eigenvalue weighted by Crippen LogP contribution is 2.32. The van der Waals surface area contributed by atoms with Gasteiger partial charge in [-0.1, -0.05) is 40.2 Å². The fourth-order valence-corrected chi connectivity index (χ4v) is 2.69. The molecule has 3 aromatic rings. The van der Waals surface area contributed by atoms with E-state index in [2.05, 4.69) is 27.0 Å². The van der Waals surface area contributed by atoms with Crippen molar-refractivity contribution in [1.82, 2.24) is 4.98 Å². The standard InChI is InChI=1S/C16H12BrN3/c1-20(12-6-4-5-11(17)9-12)16-14(10-18)13-7-2-3-8-15(13)19-16/h2-9,19H,1H3. The van der Waals surface area contributed by atoms with Gasteiger partial charge in [-0.2, -0.15) is 5.26 Å². The molecule has 0 saturated heterocycles. The Morgan fingerprint density at radius 2 is 1.95 bits per heavy atom. The van der Waals surface area contributed by atoms with Crippen LogP contribution in [0.15, 0.2) is 53.0 Å². The van der Waals surface area contributed by atoms with Gasteiger partial charge in [0.15, 0.2) is 0 Å². The number of halogens is 1. The van der Waals surface area contributed by atoms with Gasteiger partial charge >= 0.3 is 0 Å². The predicted molar refractivity (Wildman–Crippen MR) is 85.2 cm³/mol. The first-order valence-corrected chi connectivity index (χ1v) is 7.00. The quantitative estimate of drug-likeness (QED) is 0.749. The average Bonchev–Trinajstić information content (AvgIpc) is 2.85. The molecule has 0 amide bonds. The van der Waals surface area contributed by atoms with E-state index in [0.29, 0.717) is 5.56 Å². The molecule has 0 unspecified atom stereocenters. The van der Waals surface area contributed by atoms with Gasteiger partial charge in [0.2, 0.25) is 0 Å². The minimum Gasteiger partial charge on any atom is -0.340 e. The van der Waals surface area contributed by atoms with E-state index in [0.717, 1.165) is 26.9 Å². The largest absolute Gasteiger partial charge is 0.340 e. The van der Waals surface area contributed by atoms with Crippen molar-refractivity contribution in [3.63, 3.8) is 0 Å². The molecule has 0 aliphatic heterocycles. The lowest BCUT2D eigenvalue weighted by atomic mass is 10.2. The predicted octanol–water partition coefficient (Wildman–Crippen LogP) is 4.57. The number of hydrogen-bond acceptors (Lipinski definition) is 2. The zero-order valence-corrected chi connectivity index (χ0v) is 12.5. The van der Waals surface area contributed by atoms with Crippen molar-refractivity contribution in [2.75, 3.05) is 11.9 Å². The number of aromatic nitrogens is 1. The van der Waals surface area contributed by atoms with Crippen LogP contribution in [0.4, 0.5) is 11.5 Å². The average molecular weight is 326 g/mol. The maximum atomic E-state index is 9.45. The van der Waals surface area contributed by atoms with E-state index in [9.17, 15) is 5.26 Å². The van der Waals surface area contributed by atoms with Crippen LogP contribution in [0.5, 0.6) is 0 Å². The molecule has 0 saturated carbocycles. The van der Waals surface area contributed by atoms with Crippen LogP contribution < -0.4 is 4.90 Å². The zero-order valence-electron chi connectivity index (χ0n) is 10.9.